The van der Waals surface area contributed by atoms with Gasteiger partial charge < -0.3 is 30.5 Å². The number of pyridine rings is 2. The van der Waals surface area contributed by atoms with Crippen LogP contribution in [0.5, 0.6) is 5.75 Å². The highest BCUT2D eigenvalue weighted by Crippen LogP contribution is 2.39. The van der Waals surface area contributed by atoms with Gasteiger partial charge in [-0.25, -0.2) is 9.78 Å². The maximum absolute atomic E-state index is 13.4. The Bertz CT molecular complexity index is 1710. The van der Waals surface area contributed by atoms with E-state index in [2.05, 4.69) is 55.9 Å². The Morgan fingerprint density at radius 2 is 1.74 bits per heavy atom. The standard InChI is InChI=1S/C35H47N9O3/c1-8-43(9-2)34-41-40-31-17-14-24(22-44(31)34)47-29-16-15-27(25-12-10-11-13-26(25)29)39-33(46)37-23-20-28(32(45)36-18-19-42(6)7)38-30(21-23)35(3,4)5/h10-14,17,20-22,27,29H,8-9,15-16,18-19H2,1-7H3,(H,36,45)(H2,37,38,39,46)/t27-,29+/m0/s1. The number of benzene rings is 1. The van der Waals surface area contributed by atoms with Crippen LogP contribution in [-0.2, 0) is 5.41 Å². The van der Waals surface area contributed by atoms with Crippen LogP contribution in [0.15, 0.2) is 54.7 Å². The zero-order chi connectivity index (χ0) is 33.7. The molecule has 47 heavy (non-hydrogen) atoms. The summed E-state index contributed by atoms with van der Waals surface area (Å²) in [4.78, 5) is 35.1. The van der Waals surface area contributed by atoms with E-state index in [0.29, 0.717) is 37.3 Å². The van der Waals surface area contributed by atoms with E-state index in [1.165, 1.54) is 0 Å². The summed E-state index contributed by atoms with van der Waals surface area (Å²) < 4.78 is 8.53. The molecule has 250 valence electrons. The van der Waals surface area contributed by atoms with Crippen LogP contribution in [-0.4, -0.2) is 76.7 Å². The monoisotopic (exact) mass is 641 g/mol. The number of hydrogen-bond acceptors (Lipinski definition) is 8. The van der Waals surface area contributed by atoms with E-state index in [1.807, 2.05) is 86.8 Å². The minimum Gasteiger partial charge on any atom is -0.484 e. The fraction of sp³-hybridized carbons (Fsp3) is 0.457. The average molecular weight is 642 g/mol. The lowest BCUT2D eigenvalue weighted by molar-refractivity contribution is 0.0945. The Morgan fingerprint density at radius 1 is 1.00 bits per heavy atom. The van der Waals surface area contributed by atoms with Crippen LogP contribution in [0.4, 0.5) is 16.4 Å². The number of rotatable bonds is 11. The van der Waals surface area contributed by atoms with Crippen molar-refractivity contribution in [1.29, 1.82) is 0 Å². The van der Waals surface area contributed by atoms with E-state index in [0.717, 1.165) is 41.6 Å². The van der Waals surface area contributed by atoms with Crippen molar-refractivity contribution in [2.45, 2.75) is 65.0 Å². The fourth-order valence-electron chi connectivity index (χ4n) is 5.75. The lowest BCUT2D eigenvalue weighted by atomic mass is 9.85. The van der Waals surface area contributed by atoms with Gasteiger partial charge in [0.2, 0.25) is 5.95 Å². The van der Waals surface area contributed by atoms with Gasteiger partial charge in [0, 0.05) is 43.0 Å². The molecular formula is C35H47N9O3. The van der Waals surface area contributed by atoms with Crippen LogP contribution in [0.2, 0.25) is 0 Å². The van der Waals surface area contributed by atoms with Crippen molar-refractivity contribution in [3.8, 4) is 5.75 Å². The van der Waals surface area contributed by atoms with Crippen molar-refractivity contribution in [2.75, 3.05) is 50.5 Å². The zero-order valence-corrected chi connectivity index (χ0v) is 28.5. The molecule has 3 amide bonds. The Balaban J connectivity index is 1.30. The van der Waals surface area contributed by atoms with E-state index in [4.69, 9.17) is 4.74 Å². The van der Waals surface area contributed by atoms with Crippen molar-refractivity contribution in [2.24, 2.45) is 0 Å². The van der Waals surface area contributed by atoms with Crippen LogP contribution < -0.4 is 25.6 Å². The van der Waals surface area contributed by atoms with Gasteiger partial charge in [-0.1, -0.05) is 45.0 Å². The smallest absolute Gasteiger partial charge is 0.319 e. The summed E-state index contributed by atoms with van der Waals surface area (Å²) in [5.41, 5.74) is 3.98. The molecule has 2 atom stereocenters. The number of carbonyl (C=O) groups excluding carboxylic acids is 2. The van der Waals surface area contributed by atoms with Gasteiger partial charge in [0.15, 0.2) is 5.65 Å². The molecule has 12 nitrogen and oxygen atoms in total. The van der Waals surface area contributed by atoms with Gasteiger partial charge in [-0.15, -0.1) is 10.2 Å². The normalized spacial score (nSPS) is 16.1. The number of aromatic nitrogens is 4. The molecule has 1 aliphatic carbocycles. The number of likely N-dealkylation sites (N-methyl/N-ethyl adjacent to an activating group) is 1. The third-order valence-corrected chi connectivity index (χ3v) is 8.35. The number of anilines is 2. The summed E-state index contributed by atoms with van der Waals surface area (Å²) >= 11 is 0. The lowest BCUT2D eigenvalue weighted by Gasteiger charge is -2.32. The molecule has 0 radical (unpaired) electrons. The van der Waals surface area contributed by atoms with E-state index in [9.17, 15) is 9.59 Å². The SMILES string of the molecule is CCN(CC)c1nnc2ccc(O[C@@H]3CC[C@H](NC(=O)Nc4cc(C(=O)NCCN(C)C)nc(C(C)(C)C)c4)c4ccccc43)cn12. The summed E-state index contributed by atoms with van der Waals surface area (Å²) in [7, 11) is 3.90. The van der Waals surface area contributed by atoms with Gasteiger partial charge in [-0.3, -0.25) is 9.20 Å². The number of carbonyl (C=O) groups is 2. The van der Waals surface area contributed by atoms with Crippen molar-refractivity contribution in [3.63, 3.8) is 0 Å². The highest BCUT2D eigenvalue weighted by atomic mass is 16.5. The maximum atomic E-state index is 13.4. The zero-order valence-electron chi connectivity index (χ0n) is 28.5. The molecule has 0 saturated carbocycles. The predicted octanol–water partition coefficient (Wildman–Crippen LogP) is 5.34. The Labute approximate surface area is 276 Å². The van der Waals surface area contributed by atoms with E-state index in [-0.39, 0.29) is 35.2 Å². The summed E-state index contributed by atoms with van der Waals surface area (Å²) in [6.07, 6.45) is 3.17. The first-order valence-electron chi connectivity index (χ1n) is 16.3. The molecule has 3 heterocycles. The second kappa shape index (κ2) is 14.4. The molecule has 0 unspecified atom stereocenters. The molecule has 3 N–H and O–H groups in total. The largest absolute Gasteiger partial charge is 0.484 e. The quantitative estimate of drug-likeness (QED) is 0.200. The molecule has 1 aliphatic rings. The summed E-state index contributed by atoms with van der Waals surface area (Å²) in [6.45, 7) is 13.1. The molecule has 12 heteroatoms. The van der Waals surface area contributed by atoms with Crippen LogP contribution >= 0.6 is 0 Å². The Kier molecular flexibility index (Phi) is 10.3. The van der Waals surface area contributed by atoms with Crippen LogP contribution in [0.25, 0.3) is 5.65 Å². The van der Waals surface area contributed by atoms with Crippen LogP contribution in [0.3, 0.4) is 0 Å². The van der Waals surface area contributed by atoms with Gasteiger partial charge in [-0.2, -0.15) is 0 Å². The summed E-state index contributed by atoms with van der Waals surface area (Å²) in [6, 6.07) is 14.8. The van der Waals surface area contributed by atoms with Gasteiger partial charge in [0.05, 0.1) is 12.2 Å². The molecule has 1 aromatic carbocycles. The van der Waals surface area contributed by atoms with E-state index in [1.54, 1.807) is 6.07 Å². The van der Waals surface area contributed by atoms with Crippen molar-refractivity contribution < 1.29 is 14.3 Å². The molecule has 4 aromatic rings. The first-order chi connectivity index (χ1) is 22.5. The highest BCUT2D eigenvalue weighted by molar-refractivity contribution is 5.95. The molecule has 3 aromatic heterocycles. The summed E-state index contributed by atoms with van der Waals surface area (Å²) in [5.74, 6) is 1.24. The number of urea groups is 1. The molecular weight excluding hydrogens is 594 g/mol. The third-order valence-electron chi connectivity index (χ3n) is 8.35. The molecule has 0 aliphatic heterocycles. The van der Waals surface area contributed by atoms with Gasteiger partial charge in [0.1, 0.15) is 17.5 Å². The first-order valence-corrected chi connectivity index (χ1v) is 16.3. The second-order valence-electron chi connectivity index (χ2n) is 13.2. The fourth-order valence-corrected chi connectivity index (χ4v) is 5.75. The number of fused-ring (bicyclic) bond motifs is 2. The molecule has 0 saturated heterocycles. The van der Waals surface area contributed by atoms with Crippen LogP contribution in [0, 0.1) is 0 Å². The van der Waals surface area contributed by atoms with E-state index >= 15 is 0 Å². The highest BCUT2D eigenvalue weighted by Gasteiger charge is 2.30. The lowest BCUT2D eigenvalue weighted by Crippen LogP contribution is -2.36. The number of ether oxygens (including phenoxy) is 1. The number of hydrogen-bond donors (Lipinski definition) is 3. The number of nitrogens with one attached hydrogen (secondary N) is 3. The average Bonchev–Trinajstić information content (AvgIpc) is 3.45. The number of nitrogens with zero attached hydrogens (tertiary/aromatic N) is 6. The number of amides is 3. The summed E-state index contributed by atoms with van der Waals surface area (Å²) in [5, 5.41) is 17.7. The Hall–Kier alpha value is -4.71. The molecule has 0 spiro atoms. The third kappa shape index (κ3) is 7.99. The minimum atomic E-state index is -0.351. The van der Waals surface area contributed by atoms with Crippen LogP contribution in [0.1, 0.15) is 86.9 Å². The van der Waals surface area contributed by atoms with Gasteiger partial charge >= 0.3 is 6.03 Å². The second-order valence-corrected chi connectivity index (χ2v) is 13.2. The topological polar surface area (TPSA) is 129 Å². The minimum absolute atomic E-state index is 0.179. The molecule has 0 fully saturated rings. The predicted molar refractivity (Wildman–Crippen MR) is 184 cm³/mol. The Morgan fingerprint density at radius 3 is 2.45 bits per heavy atom. The van der Waals surface area contributed by atoms with Crippen molar-refractivity contribution >= 4 is 29.2 Å². The van der Waals surface area contributed by atoms with Gasteiger partial charge in [-0.05, 0) is 76.2 Å². The molecule has 5 rings (SSSR count). The molecule has 0 bridgehead atoms. The van der Waals surface area contributed by atoms with Gasteiger partial charge in [0.25, 0.3) is 5.91 Å². The van der Waals surface area contributed by atoms with Crippen molar-refractivity contribution in [3.05, 3.63) is 77.2 Å². The van der Waals surface area contributed by atoms with Crippen molar-refractivity contribution in [1.82, 2.24) is 35.1 Å². The van der Waals surface area contributed by atoms with E-state index < -0.39 is 0 Å². The maximum Gasteiger partial charge on any atom is 0.319 e. The first kappa shape index (κ1) is 33.6.